The standard InChI is InChI=1S/C11H17BrN2O2S2/c1-11(2,17-3)7-14-18(15,16)10-5-4-8(12)6-9(10)13/h4-6,14H,7,13H2,1-3H3. The van der Waals surface area contributed by atoms with Crippen molar-refractivity contribution in [3.05, 3.63) is 22.7 Å². The second-order valence-electron chi connectivity index (χ2n) is 4.47. The van der Waals surface area contributed by atoms with Crippen molar-refractivity contribution in [3.63, 3.8) is 0 Å². The first-order valence-electron chi connectivity index (χ1n) is 5.28. The van der Waals surface area contributed by atoms with Crippen LogP contribution in [0.2, 0.25) is 0 Å². The van der Waals surface area contributed by atoms with E-state index in [0.717, 1.165) is 4.47 Å². The van der Waals surface area contributed by atoms with Crippen molar-refractivity contribution in [3.8, 4) is 0 Å². The number of hydrogen-bond acceptors (Lipinski definition) is 4. The molecule has 0 fully saturated rings. The van der Waals surface area contributed by atoms with Gasteiger partial charge in [0.25, 0.3) is 0 Å². The average Bonchev–Trinajstić information content (AvgIpc) is 2.26. The highest BCUT2D eigenvalue weighted by Crippen LogP contribution is 2.24. The summed E-state index contributed by atoms with van der Waals surface area (Å²) in [5.41, 5.74) is 5.96. The minimum atomic E-state index is -3.56. The van der Waals surface area contributed by atoms with Gasteiger partial charge < -0.3 is 5.73 Å². The molecule has 0 amide bonds. The number of nitrogens with two attached hydrogens (primary N) is 1. The topological polar surface area (TPSA) is 72.2 Å². The van der Waals surface area contributed by atoms with Crippen molar-refractivity contribution in [2.24, 2.45) is 0 Å². The molecule has 102 valence electrons. The molecule has 0 atom stereocenters. The van der Waals surface area contributed by atoms with Gasteiger partial charge in [0.05, 0.1) is 5.69 Å². The van der Waals surface area contributed by atoms with Crippen LogP contribution < -0.4 is 10.5 Å². The zero-order chi connectivity index (χ0) is 14.0. The van der Waals surface area contributed by atoms with Gasteiger partial charge >= 0.3 is 0 Å². The minimum absolute atomic E-state index is 0.114. The molecule has 0 unspecified atom stereocenters. The van der Waals surface area contributed by atoms with Crippen LogP contribution in [-0.2, 0) is 10.0 Å². The smallest absolute Gasteiger partial charge is 0.242 e. The highest BCUT2D eigenvalue weighted by atomic mass is 79.9. The molecule has 3 N–H and O–H groups in total. The van der Waals surface area contributed by atoms with Crippen molar-refractivity contribution in [1.82, 2.24) is 4.72 Å². The lowest BCUT2D eigenvalue weighted by Gasteiger charge is -2.22. The van der Waals surface area contributed by atoms with E-state index in [2.05, 4.69) is 20.7 Å². The molecule has 1 aromatic rings. The van der Waals surface area contributed by atoms with Gasteiger partial charge in [-0.1, -0.05) is 15.9 Å². The summed E-state index contributed by atoms with van der Waals surface area (Å²) < 4.78 is 27.4. The molecule has 0 saturated carbocycles. The van der Waals surface area contributed by atoms with Crippen LogP contribution in [0, 0.1) is 0 Å². The summed E-state index contributed by atoms with van der Waals surface area (Å²) in [5.74, 6) is 0. The van der Waals surface area contributed by atoms with Crippen LogP contribution in [0.5, 0.6) is 0 Å². The molecule has 0 aliphatic rings. The van der Waals surface area contributed by atoms with Crippen LogP contribution in [0.25, 0.3) is 0 Å². The minimum Gasteiger partial charge on any atom is -0.398 e. The van der Waals surface area contributed by atoms with Gasteiger partial charge in [0.1, 0.15) is 4.90 Å². The van der Waals surface area contributed by atoms with Gasteiger partial charge in [0, 0.05) is 15.8 Å². The van der Waals surface area contributed by atoms with E-state index < -0.39 is 10.0 Å². The molecule has 0 saturated heterocycles. The quantitative estimate of drug-likeness (QED) is 0.798. The average molecular weight is 353 g/mol. The molecule has 0 aliphatic heterocycles. The van der Waals surface area contributed by atoms with E-state index in [-0.39, 0.29) is 15.3 Å². The Bertz CT molecular complexity index is 530. The molecular weight excluding hydrogens is 336 g/mol. The molecule has 4 nitrogen and oxygen atoms in total. The maximum Gasteiger partial charge on any atom is 0.242 e. The maximum absolute atomic E-state index is 12.1. The molecule has 18 heavy (non-hydrogen) atoms. The molecule has 1 aromatic carbocycles. The fourth-order valence-corrected chi connectivity index (χ4v) is 3.19. The van der Waals surface area contributed by atoms with Gasteiger partial charge in [-0.3, -0.25) is 0 Å². The number of thioether (sulfide) groups is 1. The second kappa shape index (κ2) is 5.81. The predicted molar refractivity (Wildman–Crippen MR) is 81.3 cm³/mol. The summed E-state index contributed by atoms with van der Waals surface area (Å²) in [6, 6.07) is 4.73. The van der Waals surface area contributed by atoms with E-state index in [1.807, 2.05) is 20.1 Å². The van der Waals surface area contributed by atoms with E-state index in [0.29, 0.717) is 6.54 Å². The Labute approximate surface area is 121 Å². The molecule has 0 aromatic heterocycles. The zero-order valence-electron chi connectivity index (χ0n) is 10.5. The van der Waals surface area contributed by atoms with E-state index in [1.54, 1.807) is 23.9 Å². The van der Waals surface area contributed by atoms with Crippen molar-refractivity contribution >= 4 is 43.4 Å². The van der Waals surface area contributed by atoms with Crippen LogP contribution in [0.1, 0.15) is 13.8 Å². The van der Waals surface area contributed by atoms with Crippen molar-refractivity contribution in [2.45, 2.75) is 23.5 Å². The number of hydrogen-bond donors (Lipinski definition) is 2. The van der Waals surface area contributed by atoms with Crippen molar-refractivity contribution in [1.29, 1.82) is 0 Å². The number of rotatable bonds is 5. The largest absolute Gasteiger partial charge is 0.398 e. The Morgan fingerprint density at radius 1 is 1.44 bits per heavy atom. The number of nitrogen functional groups attached to an aromatic ring is 1. The predicted octanol–water partition coefficient (Wildman–Crippen LogP) is 2.45. The first-order valence-corrected chi connectivity index (χ1v) is 8.78. The Balaban J connectivity index is 2.94. The van der Waals surface area contributed by atoms with Crippen molar-refractivity contribution < 1.29 is 8.42 Å². The third-order valence-electron chi connectivity index (χ3n) is 2.50. The summed E-state index contributed by atoms with van der Waals surface area (Å²) in [5, 5.41) is 0. The summed E-state index contributed by atoms with van der Waals surface area (Å²) >= 11 is 4.85. The SMILES string of the molecule is CSC(C)(C)CNS(=O)(=O)c1ccc(Br)cc1N. The number of anilines is 1. The van der Waals surface area contributed by atoms with Crippen LogP contribution in [0.4, 0.5) is 5.69 Å². The zero-order valence-corrected chi connectivity index (χ0v) is 13.7. The third kappa shape index (κ3) is 4.15. The van der Waals surface area contributed by atoms with Gasteiger partial charge in [-0.25, -0.2) is 13.1 Å². The summed E-state index contributed by atoms with van der Waals surface area (Å²) in [4.78, 5) is 0.114. The normalized spacial score (nSPS) is 12.7. The van der Waals surface area contributed by atoms with Crippen LogP contribution >= 0.6 is 27.7 Å². The maximum atomic E-state index is 12.1. The summed E-state index contributed by atoms with van der Waals surface area (Å²) in [6.07, 6.45) is 1.95. The van der Waals surface area contributed by atoms with Crippen LogP contribution in [0.15, 0.2) is 27.6 Å². The lowest BCUT2D eigenvalue weighted by atomic mass is 10.2. The highest BCUT2D eigenvalue weighted by Gasteiger charge is 2.22. The fraction of sp³-hybridized carbons (Fsp3) is 0.455. The Morgan fingerprint density at radius 2 is 2.06 bits per heavy atom. The lowest BCUT2D eigenvalue weighted by Crippen LogP contribution is -2.36. The molecule has 0 radical (unpaired) electrons. The van der Waals surface area contributed by atoms with E-state index in [4.69, 9.17) is 5.73 Å². The van der Waals surface area contributed by atoms with E-state index in [9.17, 15) is 8.42 Å². The monoisotopic (exact) mass is 352 g/mol. The molecule has 0 bridgehead atoms. The summed E-state index contributed by atoms with van der Waals surface area (Å²) in [6.45, 7) is 4.31. The molecule has 7 heteroatoms. The van der Waals surface area contributed by atoms with Gasteiger partial charge in [-0.2, -0.15) is 11.8 Å². The Morgan fingerprint density at radius 3 is 2.56 bits per heavy atom. The second-order valence-corrected chi connectivity index (χ2v) is 8.63. The number of sulfonamides is 1. The van der Waals surface area contributed by atoms with Crippen LogP contribution in [0.3, 0.4) is 0 Å². The lowest BCUT2D eigenvalue weighted by molar-refractivity contribution is 0.571. The Hall–Kier alpha value is -0.240. The van der Waals surface area contributed by atoms with Gasteiger partial charge in [-0.05, 0) is 38.3 Å². The fourth-order valence-electron chi connectivity index (χ4n) is 1.18. The third-order valence-corrected chi connectivity index (χ3v) is 5.72. The van der Waals surface area contributed by atoms with E-state index >= 15 is 0 Å². The summed E-state index contributed by atoms with van der Waals surface area (Å²) in [7, 11) is -3.56. The van der Waals surface area contributed by atoms with E-state index in [1.165, 1.54) is 6.07 Å². The highest BCUT2D eigenvalue weighted by molar-refractivity contribution is 9.10. The first kappa shape index (κ1) is 15.8. The Kier molecular flexibility index (Phi) is 5.11. The van der Waals surface area contributed by atoms with Crippen molar-refractivity contribution in [2.75, 3.05) is 18.5 Å². The first-order chi connectivity index (χ1) is 8.18. The van der Waals surface area contributed by atoms with Gasteiger partial charge in [0.15, 0.2) is 0 Å². The molecule has 1 rings (SSSR count). The molecule has 0 spiro atoms. The van der Waals surface area contributed by atoms with Crippen LogP contribution in [-0.4, -0.2) is 26.0 Å². The number of halogens is 1. The van der Waals surface area contributed by atoms with Gasteiger partial charge in [-0.15, -0.1) is 0 Å². The molecule has 0 heterocycles. The molecular formula is C11H17BrN2O2S2. The number of benzene rings is 1. The molecule has 0 aliphatic carbocycles. The van der Waals surface area contributed by atoms with Gasteiger partial charge in [0.2, 0.25) is 10.0 Å². The number of nitrogens with one attached hydrogen (secondary N) is 1.